The molecular formula is C12H17F. The summed E-state index contributed by atoms with van der Waals surface area (Å²) in [7, 11) is 0. The molecule has 0 saturated carbocycles. The van der Waals surface area contributed by atoms with Crippen molar-refractivity contribution in [2.75, 3.05) is 6.67 Å². The molecule has 0 aliphatic heterocycles. The predicted molar refractivity (Wildman–Crippen MR) is 56.7 cm³/mol. The van der Waals surface area contributed by atoms with Crippen LogP contribution in [0.25, 0.3) is 0 Å². The van der Waals surface area contributed by atoms with Gasteiger partial charge in [0.15, 0.2) is 0 Å². The largest absolute Gasteiger partial charge is 0.251 e. The second-order valence-corrected chi connectivity index (χ2v) is 2.78. The highest BCUT2D eigenvalue weighted by atomic mass is 19.1. The maximum absolute atomic E-state index is 11.8. The van der Waals surface area contributed by atoms with E-state index in [1.807, 2.05) is 0 Å². The van der Waals surface area contributed by atoms with Gasteiger partial charge in [0.05, 0.1) is 6.67 Å². The Morgan fingerprint density at radius 1 is 1.15 bits per heavy atom. The minimum absolute atomic E-state index is 0.214. The first-order valence-electron chi connectivity index (χ1n) is 4.44. The third-order valence-corrected chi connectivity index (χ3v) is 1.72. The van der Waals surface area contributed by atoms with E-state index in [1.165, 1.54) is 11.1 Å². The van der Waals surface area contributed by atoms with E-state index in [-0.39, 0.29) is 6.67 Å². The van der Waals surface area contributed by atoms with Gasteiger partial charge in [0.1, 0.15) is 0 Å². The molecule has 1 rings (SSSR count). The fraction of sp³-hybridized carbons (Fsp3) is 0.333. The molecular weight excluding hydrogens is 163 g/mol. The highest BCUT2D eigenvalue weighted by Crippen LogP contribution is 2.05. The highest BCUT2D eigenvalue weighted by molar-refractivity contribution is 5.21. The molecule has 0 saturated heterocycles. The van der Waals surface area contributed by atoms with E-state index in [0.29, 0.717) is 6.42 Å². The maximum Gasteiger partial charge on any atom is 0.0897 e. The molecule has 0 amide bonds. The highest BCUT2D eigenvalue weighted by Gasteiger charge is 1.91. The lowest BCUT2D eigenvalue weighted by Gasteiger charge is -1.98. The first kappa shape index (κ1) is 11.9. The van der Waals surface area contributed by atoms with Gasteiger partial charge in [-0.1, -0.05) is 29.8 Å². The Kier molecular flexibility index (Phi) is 6.89. The number of alkyl halides is 1. The molecule has 0 bridgehead atoms. The van der Waals surface area contributed by atoms with Crippen LogP contribution in [0, 0.1) is 6.92 Å². The van der Waals surface area contributed by atoms with E-state index in [1.54, 1.807) is 0 Å². The molecule has 72 valence electrons. The minimum atomic E-state index is -0.214. The summed E-state index contributed by atoms with van der Waals surface area (Å²) < 4.78 is 11.8. The Labute approximate surface area is 80.1 Å². The van der Waals surface area contributed by atoms with Gasteiger partial charge in [-0.25, -0.2) is 0 Å². The van der Waals surface area contributed by atoms with E-state index in [2.05, 4.69) is 44.3 Å². The topological polar surface area (TPSA) is 0 Å². The molecule has 0 spiro atoms. The lowest BCUT2D eigenvalue weighted by molar-refractivity contribution is 0.473. The molecule has 0 nitrogen and oxygen atoms in total. The van der Waals surface area contributed by atoms with Crippen molar-refractivity contribution in [2.45, 2.75) is 19.8 Å². The maximum atomic E-state index is 11.8. The molecule has 0 atom stereocenters. The number of hydrogen-bond acceptors (Lipinski definition) is 0. The van der Waals surface area contributed by atoms with Gasteiger partial charge >= 0.3 is 0 Å². The second kappa shape index (κ2) is 7.53. The molecule has 13 heavy (non-hydrogen) atoms. The average Bonchev–Trinajstić information content (AvgIpc) is 2.20. The van der Waals surface area contributed by atoms with Crippen molar-refractivity contribution in [1.29, 1.82) is 0 Å². The Bertz CT molecular complexity index is 213. The van der Waals surface area contributed by atoms with E-state index in [4.69, 9.17) is 0 Å². The molecule has 1 heteroatoms. The van der Waals surface area contributed by atoms with Gasteiger partial charge < -0.3 is 0 Å². The van der Waals surface area contributed by atoms with E-state index in [0.717, 1.165) is 6.42 Å². The van der Waals surface area contributed by atoms with E-state index >= 15 is 0 Å². The van der Waals surface area contributed by atoms with Crippen LogP contribution in [-0.4, -0.2) is 6.67 Å². The molecule has 0 heterocycles. The first-order chi connectivity index (χ1) is 6.33. The summed E-state index contributed by atoms with van der Waals surface area (Å²) in [5.74, 6) is 0. The summed E-state index contributed by atoms with van der Waals surface area (Å²) >= 11 is 0. The number of benzene rings is 1. The van der Waals surface area contributed by atoms with E-state index in [9.17, 15) is 4.39 Å². The van der Waals surface area contributed by atoms with Gasteiger partial charge in [-0.05, 0) is 25.3 Å². The van der Waals surface area contributed by atoms with Crippen LogP contribution in [0.2, 0.25) is 0 Å². The third kappa shape index (κ3) is 5.18. The summed E-state index contributed by atoms with van der Waals surface area (Å²) in [6.07, 6.45) is 1.50. The number of rotatable bonds is 3. The van der Waals surface area contributed by atoms with Crippen LogP contribution in [0.3, 0.4) is 0 Å². The van der Waals surface area contributed by atoms with Gasteiger partial charge in [-0.15, -0.1) is 13.2 Å². The van der Waals surface area contributed by atoms with Crippen molar-refractivity contribution in [3.63, 3.8) is 0 Å². The quantitative estimate of drug-likeness (QED) is 0.622. The summed E-state index contributed by atoms with van der Waals surface area (Å²) in [5.41, 5.74) is 2.49. The third-order valence-electron chi connectivity index (χ3n) is 1.72. The Balaban J connectivity index is 0.000000671. The van der Waals surface area contributed by atoms with Crippen molar-refractivity contribution in [1.82, 2.24) is 0 Å². The van der Waals surface area contributed by atoms with Crippen LogP contribution in [0.15, 0.2) is 37.4 Å². The summed E-state index contributed by atoms with van der Waals surface area (Å²) in [6.45, 7) is 7.84. The number of hydrogen-bond donors (Lipinski definition) is 0. The van der Waals surface area contributed by atoms with Crippen molar-refractivity contribution in [3.8, 4) is 0 Å². The standard InChI is InChI=1S/C10H13F.C2H4/c1-9-4-6-10(7-5-9)3-2-8-11;1-2/h4-7H,2-3,8H2,1H3;1-2H2. The zero-order chi connectivity index (χ0) is 10.1. The zero-order valence-corrected chi connectivity index (χ0v) is 8.22. The summed E-state index contributed by atoms with van der Waals surface area (Å²) in [4.78, 5) is 0. The molecule has 1 aromatic carbocycles. The normalized spacial score (nSPS) is 8.77. The van der Waals surface area contributed by atoms with Crippen LogP contribution >= 0.6 is 0 Å². The first-order valence-corrected chi connectivity index (χ1v) is 4.44. The second-order valence-electron chi connectivity index (χ2n) is 2.78. The fourth-order valence-electron chi connectivity index (χ4n) is 1.03. The Hall–Kier alpha value is -1.11. The minimum Gasteiger partial charge on any atom is -0.251 e. The van der Waals surface area contributed by atoms with Crippen LogP contribution in [0.4, 0.5) is 4.39 Å². The van der Waals surface area contributed by atoms with Crippen molar-refractivity contribution >= 4 is 0 Å². The molecule has 0 N–H and O–H groups in total. The average molecular weight is 180 g/mol. The van der Waals surface area contributed by atoms with Crippen molar-refractivity contribution in [3.05, 3.63) is 48.6 Å². The smallest absolute Gasteiger partial charge is 0.0897 e. The monoisotopic (exact) mass is 180 g/mol. The van der Waals surface area contributed by atoms with Gasteiger partial charge in [0, 0.05) is 0 Å². The fourth-order valence-corrected chi connectivity index (χ4v) is 1.03. The van der Waals surface area contributed by atoms with Crippen molar-refractivity contribution < 1.29 is 4.39 Å². The van der Waals surface area contributed by atoms with Gasteiger partial charge in [0.2, 0.25) is 0 Å². The summed E-state index contributed by atoms with van der Waals surface area (Å²) in [6, 6.07) is 8.25. The zero-order valence-electron chi connectivity index (χ0n) is 8.22. The summed E-state index contributed by atoms with van der Waals surface area (Å²) in [5, 5.41) is 0. The molecule has 0 aliphatic carbocycles. The lowest BCUT2D eigenvalue weighted by Crippen LogP contribution is -1.85. The molecule has 0 aromatic heterocycles. The molecule has 0 fully saturated rings. The number of aryl methyl sites for hydroxylation is 2. The van der Waals surface area contributed by atoms with Gasteiger partial charge in [0.25, 0.3) is 0 Å². The van der Waals surface area contributed by atoms with Gasteiger partial charge in [-0.2, -0.15) is 0 Å². The Morgan fingerprint density at radius 2 is 1.69 bits per heavy atom. The van der Waals surface area contributed by atoms with Crippen LogP contribution in [0.1, 0.15) is 17.5 Å². The van der Waals surface area contributed by atoms with Crippen LogP contribution in [0.5, 0.6) is 0 Å². The SMILES string of the molecule is C=C.Cc1ccc(CCCF)cc1. The van der Waals surface area contributed by atoms with Crippen LogP contribution < -0.4 is 0 Å². The predicted octanol–water partition coefficient (Wildman–Crippen LogP) is 3.70. The lowest BCUT2D eigenvalue weighted by atomic mass is 10.1. The van der Waals surface area contributed by atoms with E-state index < -0.39 is 0 Å². The number of halogens is 1. The molecule has 0 radical (unpaired) electrons. The van der Waals surface area contributed by atoms with Gasteiger partial charge in [-0.3, -0.25) is 4.39 Å². The van der Waals surface area contributed by atoms with Crippen molar-refractivity contribution in [2.24, 2.45) is 0 Å². The molecule has 0 unspecified atom stereocenters. The van der Waals surface area contributed by atoms with Crippen LogP contribution in [-0.2, 0) is 6.42 Å². The molecule has 1 aromatic rings. The Morgan fingerprint density at radius 3 is 2.15 bits per heavy atom. The molecule has 0 aliphatic rings.